The third-order valence-electron chi connectivity index (χ3n) is 18.7. The first-order valence-corrected chi connectivity index (χ1v) is 47.8. The third kappa shape index (κ3) is 87.8. The zero-order valence-electron chi connectivity index (χ0n) is 71.3. The zero-order valence-corrected chi connectivity index (χ0v) is 73.0. The summed E-state index contributed by atoms with van der Waals surface area (Å²) in [5, 5.41) is 20.7. The number of aliphatic hydroxyl groups excluding tert-OH is 2. The first-order valence-electron chi connectivity index (χ1n) is 44.8. The average Bonchev–Trinajstić information content (AvgIpc) is 0.900. The molecule has 5 atom stereocenters. The molecule has 648 valence electrons. The maximum Gasteiger partial charge on any atom is 0.472 e. The molecule has 0 aliphatic rings. The Morgan fingerprint density at radius 2 is 0.469 bits per heavy atom. The van der Waals surface area contributed by atoms with Gasteiger partial charge >= 0.3 is 33.6 Å². The monoisotopic (exact) mass is 1620 g/mol. The Kier molecular flexibility index (Phi) is 82.8. The minimum Gasteiger partial charge on any atom is -0.463 e. The zero-order chi connectivity index (χ0) is 82.2. The van der Waals surface area contributed by atoms with Gasteiger partial charge in [0.1, 0.15) is 25.4 Å². The topological polar surface area (TPSA) is 231 Å². The second-order valence-electron chi connectivity index (χ2n) is 29.7. The van der Waals surface area contributed by atoms with Gasteiger partial charge in [0.25, 0.3) is 0 Å². The van der Waals surface area contributed by atoms with Crippen molar-refractivity contribution in [2.75, 3.05) is 39.6 Å². The fourth-order valence-electron chi connectivity index (χ4n) is 11.9. The van der Waals surface area contributed by atoms with E-state index in [0.29, 0.717) is 19.3 Å². The molecule has 0 heterocycles. The number of phosphoric acid groups is 2. The van der Waals surface area contributed by atoms with E-state index < -0.39 is 91.5 Å². The highest BCUT2D eigenvalue weighted by Crippen LogP contribution is 2.45. The molecule has 5 unspecified atom stereocenters. The number of unbranched alkanes of at least 4 members (excludes halogenated alkanes) is 35. The van der Waals surface area contributed by atoms with Gasteiger partial charge in [-0.05, 0) is 154 Å². The van der Waals surface area contributed by atoms with Crippen molar-refractivity contribution in [2.45, 2.75) is 386 Å². The van der Waals surface area contributed by atoms with E-state index in [1.165, 1.54) is 135 Å². The molecule has 0 saturated carbocycles. The molecule has 0 aliphatic carbocycles. The van der Waals surface area contributed by atoms with Gasteiger partial charge in [-0.25, -0.2) is 9.13 Å². The van der Waals surface area contributed by atoms with Crippen molar-refractivity contribution in [3.8, 4) is 0 Å². The van der Waals surface area contributed by atoms with Crippen molar-refractivity contribution >= 4 is 33.6 Å². The van der Waals surface area contributed by atoms with Crippen molar-refractivity contribution in [1.29, 1.82) is 0 Å². The molecule has 0 rings (SSSR count). The standard InChI is InChI=1S/C95H162O16P2/c1-4-7-10-13-16-19-22-25-28-31-34-36-38-40-41-42-43-44-45-46-47-49-51-52-55-57-60-63-66-69-72-75-78-81-93(98)105-84-90(96)85-107-112(101,102)108-86-91(97)87-109-113(103,104)110-89-92(111-95(100)83-80-77-74-71-68-65-62-59-54-33-30-27-24-21-18-15-12-9-6-3)88-106-94(99)82-79-76-73-70-67-64-61-58-56-53-50-48-39-37-35-32-29-26-23-20-17-14-11-8-5-2/h7,10,16-21,25-30,34-37,40-41,43-44,48,50,54,59,90-92,96-97H,4-6,8-9,11-15,22-24,31-33,38-39,42,45-47,49,51-53,55-58,60-89H2,1-3H3,(H,101,102)(H,103,104)/b10-7-,19-16-,20-17-,21-18-,28-25-,29-26-,30-27-,36-34-,37-35-,41-40-,44-43-,50-48-,59-54-. The van der Waals surface area contributed by atoms with Gasteiger partial charge in [0.05, 0.1) is 26.4 Å². The summed E-state index contributed by atoms with van der Waals surface area (Å²) in [4.78, 5) is 58.9. The van der Waals surface area contributed by atoms with Gasteiger partial charge in [0.15, 0.2) is 6.10 Å². The molecule has 16 nitrogen and oxygen atoms in total. The largest absolute Gasteiger partial charge is 0.472 e. The highest BCUT2D eigenvalue weighted by molar-refractivity contribution is 7.47. The third-order valence-corrected chi connectivity index (χ3v) is 20.6. The number of allylic oxidation sites excluding steroid dienone is 26. The summed E-state index contributed by atoms with van der Waals surface area (Å²) in [6, 6.07) is 0. The Labute approximate surface area is 689 Å². The molecular formula is C95H162O16P2. The van der Waals surface area contributed by atoms with Crippen LogP contribution in [0.5, 0.6) is 0 Å². The normalized spacial score (nSPS) is 14.6. The van der Waals surface area contributed by atoms with Crippen LogP contribution in [0.15, 0.2) is 158 Å². The molecule has 18 heteroatoms. The lowest BCUT2D eigenvalue weighted by atomic mass is 10.0. The summed E-state index contributed by atoms with van der Waals surface area (Å²) < 4.78 is 61.4. The van der Waals surface area contributed by atoms with Crippen molar-refractivity contribution in [2.24, 2.45) is 0 Å². The summed E-state index contributed by atoms with van der Waals surface area (Å²) >= 11 is 0. The van der Waals surface area contributed by atoms with Crippen molar-refractivity contribution in [1.82, 2.24) is 0 Å². The summed E-state index contributed by atoms with van der Waals surface area (Å²) in [5.41, 5.74) is 0. The predicted molar refractivity (Wildman–Crippen MR) is 472 cm³/mol. The SMILES string of the molecule is CC/C=C\C/C=C\C/C=C\C/C=C\C/C=C\C/C=C\CCCCCCCCCCCCCCCCC(=O)OCC(O)COP(=O)(O)OCC(O)COP(=O)(O)OCC(COC(=O)CCCCCCCCCCC/C=C\C/C=C\C/C=C\C/C=C\CCCCC)OC(=O)CCCCCCCC/C=C\C/C=C\C/C=C\CCCCC. The van der Waals surface area contributed by atoms with Crippen LogP contribution in [0.25, 0.3) is 0 Å². The van der Waals surface area contributed by atoms with Crippen molar-refractivity contribution in [3.05, 3.63) is 158 Å². The molecule has 0 spiro atoms. The minimum absolute atomic E-state index is 0.0857. The van der Waals surface area contributed by atoms with Crippen LogP contribution in [0.4, 0.5) is 0 Å². The van der Waals surface area contributed by atoms with Crippen LogP contribution in [-0.2, 0) is 55.8 Å². The van der Waals surface area contributed by atoms with E-state index in [9.17, 15) is 43.5 Å². The summed E-state index contributed by atoms with van der Waals surface area (Å²) in [7, 11) is -9.81. The minimum atomic E-state index is -4.95. The lowest BCUT2D eigenvalue weighted by Crippen LogP contribution is -2.30. The summed E-state index contributed by atoms with van der Waals surface area (Å²) in [5.74, 6) is -1.59. The van der Waals surface area contributed by atoms with E-state index in [2.05, 4.69) is 179 Å². The predicted octanol–water partition coefficient (Wildman–Crippen LogP) is 27.3. The van der Waals surface area contributed by atoms with E-state index in [-0.39, 0.29) is 19.3 Å². The van der Waals surface area contributed by atoms with Crippen LogP contribution < -0.4 is 0 Å². The van der Waals surface area contributed by atoms with Crippen molar-refractivity contribution in [3.63, 3.8) is 0 Å². The maximum atomic E-state index is 13.0. The number of hydrogen-bond acceptors (Lipinski definition) is 14. The second kappa shape index (κ2) is 86.5. The molecule has 0 bridgehead atoms. The summed E-state index contributed by atoms with van der Waals surface area (Å²) in [6.07, 6.45) is 110. The fraction of sp³-hybridized carbons (Fsp3) is 0.695. The molecule has 0 aromatic heterocycles. The van der Waals surface area contributed by atoms with Crippen LogP contribution >= 0.6 is 15.6 Å². The van der Waals surface area contributed by atoms with Crippen LogP contribution in [-0.4, -0.2) is 95.9 Å². The van der Waals surface area contributed by atoms with Crippen LogP contribution in [0.3, 0.4) is 0 Å². The van der Waals surface area contributed by atoms with Crippen LogP contribution in [0.1, 0.15) is 367 Å². The number of rotatable bonds is 84. The molecule has 0 fully saturated rings. The number of esters is 3. The smallest absolute Gasteiger partial charge is 0.463 e. The van der Waals surface area contributed by atoms with Crippen LogP contribution in [0.2, 0.25) is 0 Å². The number of carbonyl (C=O) groups is 3. The number of hydrogen-bond donors (Lipinski definition) is 4. The Balaban J connectivity index is 4.56. The Morgan fingerprint density at radius 1 is 0.257 bits per heavy atom. The Hall–Kier alpha value is -4.83. The average molecular weight is 1620 g/mol. The second-order valence-corrected chi connectivity index (χ2v) is 32.6. The van der Waals surface area contributed by atoms with Gasteiger partial charge in [-0.3, -0.25) is 32.5 Å². The summed E-state index contributed by atoms with van der Waals surface area (Å²) in [6.45, 7) is 2.53. The highest BCUT2D eigenvalue weighted by Gasteiger charge is 2.29. The van der Waals surface area contributed by atoms with Gasteiger partial charge in [0, 0.05) is 19.3 Å². The lowest BCUT2D eigenvalue weighted by molar-refractivity contribution is -0.161. The van der Waals surface area contributed by atoms with Gasteiger partial charge in [-0.2, -0.15) is 0 Å². The maximum absolute atomic E-state index is 13.0. The molecule has 0 aromatic rings. The van der Waals surface area contributed by atoms with E-state index in [4.69, 9.17) is 32.3 Å². The molecule has 0 amide bonds. The number of phosphoric ester groups is 2. The Morgan fingerprint density at radius 3 is 0.743 bits per heavy atom. The van der Waals surface area contributed by atoms with Crippen LogP contribution in [0, 0.1) is 0 Å². The molecule has 0 radical (unpaired) electrons. The lowest BCUT2D eigenvalue weighted by Gasteiger charge is -2.21. The molecular weight excluding hydrogens is 1460 g/mol. The van der Waals surface area contributed by atoms with E-state index in [1.54, 1.807) is 0 Å². The fourth-order valence-corrected chi connectivity index (χ4v) is 13.5. The highest BCUT2D eigenvalue weighted by atomic mass is 31.2. The molecule has 0 saturated heterocycles. The van der Waals surface area contributed by atoms with E-state index in [1.807, 2.05) is 0 Å². The molecule has 0 aliphatic heterocycles. The quantitative estimate of drug-likeness (QED) is 0.0146. The van der Waals surface area contributed by atoms with Gasteiger partial charge in [-0.15, -0.1) is 0 Å². The Bertz CT molecular complexity index is 2680. The van der Waals surface area contributed by atoms with Gasteiger partial charge in [0.2, 0.25) is 0 Å². The number of carbonyl (C=O) groups excluding carboxylic acids is 3. The number of aliphatic hydroxyl groups is 2. The molecule has 4 N–H and O–H groups in total. The first kappa shape index (κ1) is 108. The first-order chi connectivity index (χ1) is 55.2. The molecule has 0 aromatic carbocycles. The molecule has 113 heavy (non-hydrogen) atoms. The van der Waals surface area contributed by atoms with Crippen molar-refractivity contribution < 1.29 is 75.8 Å². The van der Waals surface area contributed by atoms with Gasteiger partial charge < -0.3 is 34.2 Å². The van der Waals surface area contributed by atoms with E-state index >= 15 is 0 Å². The van der Waals surface area contributed by atoms with E-state index in [0.717, 1.165) is 173 Å². The number of ether oxygens (including phenoxy) is 3. The van der Waals surface area contributed by atoms with Gasteiger partial charge in [-0.1, -0.05) is 352 Å².